The van der Waals surface area contributed by atoms with Crippen LogP contribution in [-0.4, -0.2) is 11.7 Å². The number of hydrogen-bond donors (Lipinski definition) is 2. The third-order valence-electron chi connectivity index (χ3n) is 3.06. The lowest BCUT2D eigenvalue weighted by Gasteiger charge is -2.15. The molecule has 2 N–H and O–H groups in total. The lowest BCUT2D eigenvalue weighted by atomic mass is 10.1. The van der Waals surface area contributed by atoms with E-state index in [4.69, 9.17) is 28.5 Å². The fraction of sp³-hybridized carbons (Fsp3) is 0.188. The molecule has 0 spiro atoms. The first kappa shape index (κ1) is 15.8. The van der Waals surface area contributed by atoms with Crippen molar-refractivity contribution >= 4 is 23.2 Å². The minimum atomic E-state index is -0.787. The fourth-order valence-corrected chi connectivity index (χ4v) is 2.68. The van der Waals surface area contributed by atoms with E-state index in [9.17, 15) is 5.11 Å². The predicted octanol–water partition coefficient (Wildman–Crippen LogP) is 3.69. The Morgan fingerprint density at radius 1 is 1.14 bits per heavy atom. The summed E-state index contributed by atoms with van der Waals surface area (Å²) >= 11 is 12.1. The molecule has 2 aromatic carbocycles. The molecule has 5 heteroatoms. The van der Waals surface area contributed by atoms with Gasteiger partial charge in [-0.15, -0.1) is 0 Å². The highest BCUT2D eigenvalue weighted by molar-refractivity contribution is 6.36. The Morgan fingerprint density at radius 3 is 2.48 bits per heavy atom. The van der Waals surface area contributed by atoms with Gasteiger partial charge in [-0.25, -0.2) is 0 Å². The summed E-state index contributed by atoms with van der Waals surface area (Å²) in [5, 5.41) is 23.0. The number of halogens is 2. The van der Waals surface area contributed by atoms with E-state index in [0.717, 1.165) is 5.56 Å². The van der Waals surface area contributed by atoms with Gasteiger partial charge >= 0.3 is 0 Å². The van der Waals surface area contributed by atoms with Crippen molar-refractivity contribution in [3.63, 3.8) is 0 Å². The minimum Gasteiger partial charge on any atom is -0.387 e. The molecule has 0 saturated heterocycles. The molecular weight excluding hydrogens is 307 g/mol. The molecule has 2 aromatic rings. The molecule has 0 aromatic heterocycles. The van der Waals surface area contributed by atoms with Crippen LogP contribution in [0.1, 0.15) is 22.8 Å². The monoisotopic (exact) mass is 320 g/mol. The van der Waals surface area contributed by atoms with Crippen LogP contribution in [0.5, 0.6) is 0 Å². The maximum atomic E-state index is 10.2. The first-order valence-electron chi connectivity index (χ1n) is 6.43. The lowest BCUT2D eigenvalue weighted by Crippen LogP contribution is -2.21. The standard InChI is InChI=1S/C16H14Cl2N2O/c17-13-5-2-6-14(18)16(13)15(21)10-20-9-12-4-1-3-11(7-12)8-19/h1-7,15,20-21H,9-10H2. The molecule has 108 valence electrons. The van der Waals surface area contributed by atoms with Gasteiger partial charge in [0.15, 0.2) is 0 Å². The molecule has 0 aliphatic rings. The van der Waals surface area contributed by atoms with Crippen molar-refractivity contribution in [2.45, 2.75) is 12.6 Å². The van der Waals surface area contributed by atoms with E-state index in [0.29, 0.717) is 34.3 Å². The lowest BCUT2D eigenvalue weighted by molar-refractivity contribution is 0.174. The average molecular weight is 321 g/mol. The van der Waals surface area contributed by atoms with Crippen LogP contribution >= 0.6 is 23.2 Å². The van der Waals surface area contributed by atoms with Gasteiger partial charge in [0.1, 0.15) is 0 Å². The summed E-state index contributed by atoms with van der Waals surface area (Å²) in [5.74, 6) is 0. The fourth-order valence-electron chi connectivity index (χ4n) is 2.04. The van der Waals surface area contributed by atoms with Gasteiger partial charge in [-0.3, -0.25) is 0 Å². The van der Waals surface area contributed by atoms with Crippen LogP contribution in [0.2, 0.25) is 10.0 Å². The molecular formula is C16H14Cl2N2O. The third kappa shape index (κ3) is 4.20. The zero-order chi connectivity index (χ0) is 15.2. The minimum absolute atomic E-state index is 0.320. The van der Waals surface area contributed by atoms with Crippen LogP contribution in [-0.2, 0) is 6.54 Å². The van der Waals surface area contributed by atoms with Crippen LogP contribution in [0.25, 0.3) is 0 Å². The topological polar surface area (TPSA) is 56.0 Å². The summed E-state index contributed by atoms with van der Waals surface area (Å²) in [7, 11) is 0. The number of rotatable bonds is 5. The van der Waals surface area contributed by atoms with Crippen LogP contribution in [0.3, 0.4) is 0 Å². The molecule has 1 atom stereocenters. The van der Waals surface area contributed by atoms with Gasteiger partial charge in [0, 0.05) is 28.7 Å². The van der Waals surface area contributed by atoms with Gasteiger partial charge in [0.25, 0.3) is 0 Å². The summed E-state index contributed by atoms with van der Waals surface area (Å²) in [6.07, 6.45) is -0.787. The number of benzene rings is 2. The Kier molecular flexibility index (Phi) is 5.60. The highest BCUT2D eigenvalue weighted by Crippen LogP contribution is 2.29. The molecule has 0 radical (unpaired) electrons. The summed E-state index contributed by atoms with van der Waals surface area (Å²) in [4.78, 5) is 0. The maximum absolute atomic E-state index is 10.2. The number of nitrogens with one attached hydrogen (secondary N) is 1. The number of nitrogens with zero attached hydrogens (tertiary/aromatic N) is 1. The Hall–Kier alpha value is -1.57. The average Bonchev–Trinajstić information content (AvgIpc) is 2.47. The molecule has 0 saturated carbocycles. The molecule has 0 aliphatic heterocycles. The Balaban J connectivity index is 1.95. The smallest absolute Gasteiger partial charge is 0.0991 e. The SMILES string of the molecule is N#Cc1cccc(CNCC(O)c2c(Cl)cccc2Cl)c1. The van der Waals surface area contributed by atoms with Gasteiger partial charge in [0.2, 0.25) is 0 Å². The zero-order valence-electron chi connectivity index (χ0n) is 11.2. The largest absolute Gasteiger partial charge is 0.387 e. The van der Waals surface area contributed by atoms with Crippen LogP contribution in [0, 0.1) is 11.3 Å². The van der Waals surface area contributed by atoms with E-state index < -0.39 is 6.10 Å². The zero-order valence-corrected chi connectivity index (χ0v) is 12.7. The van der Waals surface area contributed by atoms with E-state index in [2.05, 4.69) is 11.4 Å². The van der Waals surface area contributed by atoms with E-state index in [1.807, 2.05) is 18.2 Å². The van der Waals surface area contributed by atoms with Gasteiger partial charge < -0.3 is 10.4 Å². The second-order valence-corrected chi connectivity index (χ2v) is 5.41. The Bertz CT molecular complexity index is 647. The van der Waals surface area contributed by atoms with E-state index >= 15 is 0 Å². The predicted molar refractivity (Wildman–Crippen MR) is 84.3 cm³/mol. The Labute approximate surface area is 133 Å². The van der Waals surface area contributed by atoms with E-state index in [1.54, 1.807) is 24.3 Å². The van der Waals surface area contributed by atoms with Crippen molar-refractivity contribution in [3.05, 3.63) is 69.2 Å². The van der Waals surface area contributed by atoms with Crippen molar-refractivity contribution in [2.75, 3.05) is 6.54 Å². The molecule has 0 aliphatic carbocycles. The number of aliphatic hydroxyl groups is 1. The molecule has 21 heavy (non-hydrogen) atoms. The molecule has 2 rings (SSSR count). The van der Waals surface area contributed by atoms with Crippen molar-refractivity contribution in [3.8, 4) is 6.07 Å². The van der Waals surface area contributed by atoms with Gasteiger partial charge in [-0.05, 0) is 29.8 Å². The third-order valence-corrected chi connectivity index (χ3v) is 3.72. The second kappa shape index (κ2) is 7.44. The van der Waals surface area contributed by atoms with Gasteiger partial charge in [-0.1, -0.05) is 41.4 Å². The Morgan fingerprint density at radius 2 is 1.81 bits per heavy atom. The van der Waals surface area contributed by atoms with Crippen molar-refractivity contribution in [2.24, 2.45) is 0 Å². The molecule has 0 bridgehead atoms. The summed E-state index contributed by atoms with van der Waals surface area (Å²) in [5.41, 5.74) is 2.12. The summed E-state index contributed by atoms with van der Waals surface area (Å²) in [6, 6.07) is 14.5. The normalized spacial score (nSPS) is 11.9. The molecule has 0 amide bonds. The number of hydrogen-bond acceptors (Lipinski definition) is 3. The highest BCUT2D eigenvalue weighted by Gasteiger charge is 2.14. The quantitative estimate of drug-likeness (QED) is 0.883. The van der Waals surface area contributed by atoms with E-state index in [1.165, 1.54) is 0 Å². The summed E-state index contributed by atoms with van der Waals surface area (Å²) in [6.45, 7) is 0.870. The van der Waals surface area contributed by atoms with Crippen molar-refractivity contribution in [1.29, 1.82) is 5.26 Å². The molecule has 3 nitrogen and oxygen atoms in total. The van der Waals surface area contributed by atoms with Gasteiger partial charge in [0.05, 0.1) is 17.7 Å². The van der Waals surface area contributed by atoms with Crippen LogP contribution in [0.15, 0.2) is 42.5 Å². The second-order valence-electron chi connectivity index (χ2n) is 4.59. The molecule has 1 unspecified atom stereocenters. The van der Waals surface area contributed by atoms with Crippen LogP contribution < -0.4 is 5.32 Å². The first-order valence-corrected chi connectivity index (χ1v) is 7.19. The van der Waals surface area contributed by atoms with E-state index in [-0.39, 0.29) is 0 Å². The van der Waals surface area contributed by atoms with Crippen LogP contribution in [0.4, 0.5) is 0 Å². The highest BCUT2D eigenvalue weighted by atomic mass is 35.5. The molecule has 0 heterocycles. The molecule has 0 fully saturated rings. The maximum Gasteiger partial charge on any atom is 0.0991 e. The van der Waals surface area contributed by atoms with Gasteiger partial charge in [-0.2, -0.15) is 5.26 Å². The first-order chi connectivity index (χ1) is 10.1. The summed E-state index contributed by atoms with van der Waals surface area (Å²) < 4.78 is 0. The van der Waals surface area contributed by atoms with Crippen molar-refractivity contribution in [1.82, 2.24) is 5.32 Å². The number of nitriles is 1. The number of aliphatic hydroxyl groups excluding tert-OH is 1. The van der Waals surface area contributed by atoms with Crippen molar-refractivity contribution < 1.29 is 5.11 Å².